The number of alkyl halides is 3. The molecule has 0 unspecified atom stereocenters. The SMILES string of the molecule is FC(F)(F)[C@H]1CCC[C@@H](NCCn2cnnc2C2CC2)C1. The van der Waals surface area contributed by atoms with Gasteiger partial charge in [-0.1, -0.05) is 6.42 Å². The van der Waals surface area contributed by atoms with Crippen LogP contribution in [0.1, 0.15) is 50.3 Å². The van der Waals surface area contributed by atoms with E-state index in [2.05, 4.69) is 15.5 Å². The largest absolute Gasteiger partial charge is 0.391 e. The summed E-state index contributed by atoms with van der Waals surface area (Å²) < 4.78 is 40.3. The molecular weight excluding hydrogens is 281 g/mol. The second-order valence-corrected chi connectivity index (χ2v) is 6.21. The maximum Gasteiger partial charge on any atom is 0.391 e. The van der Waals surface area contributed by atoms with Crippen LogP contribution in [0, 0.1) is 5.92 Å². The Hall–Kier alpha value is -1.11. The van der Waals surface area contributed by atoms with Crippen molar-refractivity contribution in [3.63, 3.8) is 0 Å². The molecule has 1 aromatic heterocycles. The molecule has 0 saturated heterocycles. The Morgan fingerprint density at radius 2 is 2.05 bits per heavy atom. The van der Waals surface area contributed by atoms with E-state index in [1.807, 2.05) is 4.57 Å². The summed E-state index contributed by atoms with van der Waals surface area (Å²) in [5.41, 5.74) is 0. The lowest BCUT2D eigenvalue weighted by Crippen LogP contribution is -2.40. The third kappa shape index (κ3) is 3.75. The normalized spacial score (nSPS) is 27.0. The van der Waals surface area contributed by atoms with Gasteiger partial charge in [0, 0.05) is 25.0 Å². The van der Waals surface area contributed by atoms with Crippen molar-refractivity contribution in [3.8, 4) is 0 Å². The van der Waals surface area contributed by atoms with Gasteiger partial charge in [-0.15, -0.1) is 10.2 Å². The lowest BCUT2D eigenvalue weighted by Gasteiger charge is -2.31. The van der Waals surface area contributed by atoms with Gasteiger partial charge in [-0.05, 0) is 32.1 Å². The van der Waals surface area contributed by atoms with E-state index in [1.165, 1.54) is 12.8 Å². The summed E-state index contributed by atoms with van der Waals surface area (Å²) in [4.78, 5) is 0. The second-order valence-electron chi connectivity index (χ2n) is 6.21. The molecule has 0 aromatic carbocycles. The first-order valence-electron chi connectivity index (χ1n) is 7.72. The molecule has 2 saturated carbocycles. The van der Waals surface area contributed by atoms with Gasteiger partial charge in [-0.2, -0.15) is 13.2 Å². The molecule has 118 valence electrons. The molecule has 2 fully saturated rings. The Morgan fingerprint density at radius 1 is 1.24 bits per heavy atom. The molecule has 4 nitrogen and oxygen atoms in total. The molecule has 0 aliphatic heterocycles. The van der Waals surface area contributed by atoms with E-state index in [1.54, 1.807) is 6.33 Å². The van der Waals surface area contributed by atoms with Gasteiger partial charge in [0.05, 0.1) is 5.92 Å². The van der Waals surface area contributed by atoms with Crippen LogP contribution in [-0.2, 0) is 6.54 Å². The highest BCUT2D eigenvalue weighted by Gasteiger charge is 2.42. The van der Waals surface area contributed by atoms with E-state index >= 15 is 0 Å². The minimum absolute atomic E-state index is 0.0220. The van der Waals surface area contributed by atoms with Crippen LogP contribution in [0.15, 0.2) is 6.33 Å². The maximum absolute atomic E-state index is 12.8. The van der Waals surface area contributed by atoms with Crippen molar-refractivity contribution in [1.29, 1.82) is 0 Å². The van der Waals surface area contributed by atoms with Gasteiger partial charge in [0.25, 0.3) is 0 Å². The second kappa shape index (κ2) is 5.94. The monoisotopic (exact) mass is 302 g/mol. The fraction of sp³-hybridized carbons (Fsp3) is 0.857. The van der Waals surface area contributed by atoms with E-state index in [-0.39, 0.29) is 18.9 Å². The predicted molar refractivity (Wildman–Crippen MR) is 71.8 cm³/mol. The highest BCUT2D eigenvalue weighted by molar-refractivity contribution is 5.04. The molecule has 2 atom stereocenters. The predicted octanol–water partition coefficient (Wildman–Crippen LogP) is 2.87. The first kappa shape index (κ1) is 14.8. The quantitative estimate of drug-likeness (QED) is 0.909. The topological polar surface area (TPSA) is 42.7 Å². The maximum atomic E-state index is 12.8. The van der Waals surface area contributed by atoms with E-state index < -0.39 is 12.1 Å². The van der Waals surface area contributed by atoms with E-state index in [0.717, 1.165) is 18.8 Å². The Bertz CT molecular complexity index is 467. The average Bonchev–Trinajstić information content (AvgIpc) is 3.18. The van der Waals surface area contributed by atoms with Crippen molar-refractivity contribution in [2.45, 2.75) is 63.2 Å². The number of hydrogen-bond acceptors (Lipinski definition) is 3. The molecule has 1 aromatic rings. The number of halogens is 3. The summed E-state index contributed by atoms with van der Waals surface area (Å²) in [5.74, 6) is 0.422. The van der Waals surface area contributed by atoms with Gasteiger partial charge >= 0.3 is 6.18 Å². The van der Waals surface area contributed by atoms with Gasteiger partial charge in [0.15, 0.2) is 0 Å². The molecule has 3 rings (SSSR count). The molecule has 0 spiro atoms. The average molecular weight is 302 g/mol. The first-order chi connectivity index (χ1) is 10.0. The first-order valence-corrected chi connectivity index (χ1v) is 7.72. The minimum atomic E-state index is -4.05. The lowest BCUT2D eigenvalue weighted by atomic mass is 9.85. The Labute approximate surface area is 122 Å². The number of aromatic nitrogens is 3. The summed E-state index contributed by atoms with van der Waals surface area (Å²) in [6.07, 6.45) is 1.98. The molecule has 7 heteroatoms. The van der Waals surface area contributed by atoms with Gasteiger partial charge < -0.3 is 9.88 Å². The number of nitrogens with zero attached hydrogens (tertiary/aromatic N) is 3. The molecular formula is C14H21F3N4. The zero-order valence-electron chi connectivity index (χ0n) is 11.9. The number of nitrogens with one attached hydrogen (secondary N) is 1. The minimum Gasteiger partial charge on any atom is -0.316 e. The molecule has 0 bridgehead atoms. The molecule has 21 heavy (non-hydrogen) atoms. The Morgan fingerprint density at radius 3 is 2.76 bits per heavy atom. The highest BCUT2D eigenvalue weighted by Crippen LogP contribution is 2.39. The van der Waals surface area contributed by atoms with Crippen LogP contribution >= 0.6 is 0 Å². The molecule has 1 N–H and O–H groups in total. The van der Waals surface area contributed by atoms with E-state index in [0.29, 0.717) is 18.9 Å². The van der Waals surface area contributed by atoms with Gasteiger partial charge in [0.2, 0.25) is 0 Å². The standard InChI is InChI=1S/C14H21F3N4/c15-14(16,17)11-2-1-3-12(8-11)18-6-7-21-9-19-20-13(21)10-4-5-10/h9-12,18H,1-8H2/t11-,12+/m0/s1. The van der Waals surface area contributed by atoms with Gasteiger partial charge in [-0.25, -0.2) is 0 Å². The van der Waals surface area contributed by atoms with Crippen molar-refractivity contribution in [2.24, 2.45) is 5.92 Å². The van der Waals surface area contributed by atoms with Crippen LogP contribution < -0.4 is 5.32 Å². The van der Waals surface area contributed by atoms with Crippen LogP contribution in [0.2, 0.25) is 0 Å². The summed E-state index contributed by atoms with van der Waals surface area (Å²) in [5, 5.41) is 11.3. The van der Waals surface area contributed by atoms with Crippen molar-refractivity contribution < 1.29 is 13.2 Å². The molecule has 0 radical (unpaired) electrons. The van der Waals surface area contributed by atoms with Crippen molar-refractivity contribution in [3.05, 3.63) is 12.2 Å². The van der Waals surface area contributed by atoms with E-state index in [4.69, 9.17) is 0 Å². The molecule has 0 amide bonds. The Balaban J connectivity index is 1.45. The summed E-state index contributed by atoms with van der Waals surface area (Å²) in [6.45, 7) is 1.40. The lowest BCUT2D eigenvalue weighted by molar-refractivity contribution is -0.183. The zero-order chi connectivity index (χ0) is 14.9. The van der Waals surface area contributed by atoms with Crippen LogP contribution in [0.3, 0.4) is 0 Å². The number of rotatable bonds is 5. The van der Waals surface area contributed by atoms with Crippen molar-refractivity contribution in [1.82, 2.24) is 20.1 Å². The van der Waals surface area contributed by atoms with Crippen LogP contribution in [-0.4, -0.2) is 33.5 Å². The zero-order valence-corrected chi connectivity index (χ0v) is 11.9. The third-order valence-electron chi connectivity index (χ3n) is 4.51. The highest BCUT2D eigenvalue weighted by atomic mass is 19.4. The fourth-order valence-electron chi connectivity index (χ4n) is 3.16. The molecule has 1 heterocycles. The van der Waals surface area contributed by atoms with Crippen molar-refractivity contribution in [2.75, 3.05) is 6.54 Å². The Kier molecular flexibility index (Phi) is 4.19. The van der Waals surface area contributed by atoms with Crippen LogP contribution in [0.25, 0.3) is 0 Å². The van der Waals surface area contributed by atoms with Gasteiger partial charge in [0.1, 0.15) is 12.2 Å². The fourth-order valence-corrected chi connectivity index (χ4v) is 3.16. The van der Waals surface area contributed by atoms with Crippen molar-refractivity contribution >= 4 is 0 Å². The molecule has 2 aliphatic carbocycles. The molecule has 2 aliphatic rings. The van der Waals surface area contributed by atoms with Crippen LogP contribution in [0.5, 0.6) is 0 Å². The summed E-state index contributed by atoms with van der Waals surface area (Å²) in [6, 6.07) is -0.0220. The smallest absolute Gasteiger partial charge is 0.316 e. The summed E-state index contributed by atoms with van der Waals surface area (Å²) >= 11 is 0. The summed E-state index contributed by atoms with van der Waals surface area (Å²) in [7, 11) is 0. The van der Waals surface area contributed by atoms with E-state index in [9.17, 15) is 13.2 Å². The third-order valence-corrected chi connectivity index (χ3v) is 4.51. The number of hydrogen-bond donors (Lipinski definition) is 1. The van der Waals surface area contributed by atoms with Crippen LogP contribution in [0.4, 0.5) is 13.2 Å². The van der Waals surface area contributed by atoms with Gasteiger partial charge in [-0.3, -0.25) is 0 Å².